The van der Waals surface area contributed by atoms with Crippen LogP contribution in [0.1, 0.15) is 64.0 Å². The van der Waals surface area contributed by atoms with Crippen molar-refractivity contribution < 1.29 is 43.0 Å². The Balaban J connectivity index is 2.03. The summed E-state index contributed by atoms with van der Waals surface area (Å²) in [6.07, 6.45) is -0.647. The molecular weight excluding hydrogens is 608 g/mol. The number of carbonyl (C=O) groups is 6. The highest BCUT2D eigenvalue weighted by Crippen LogP contribution is 2.10. The molecule has 0 aliphatic heterocycles. The maximum absolute atomic E-state index is 13.5. The minimum Gasteiger partial charge on any atom is -0.469 e. The molecule has 2 aromatic carbocycles. The van der Waals surface area contributed by atoms with Gasteiger partial charge in [0.15, 0.2) is 0 Å². The third kappa shape index (κ3) is 16.8. The minimum absolute atomic E-state index is 0.0561. The van der Waals surface area contributed by atoms with Crippen molar-refractivity contribution in [1.29, 1.82) is 0 Å². The Bertz CT molecular complexity index is 1310. The van der Waals surface area contributed by atoms with Crippen molar-refractivity contribution in [3.63, 3.8) is 0 Å². The Morgan fingerprint density at radius 3 is 1.98 bits per heavy atom. The number of nitrogens with one attached hydrogen (secondary N) is 4. The summed E-state index contributed by atoms with van der Waals surface area (Å²) in [7, 11) is 1.18. The van der Waals surface area contributed by atoms with Gasteiger partial charge in [0.05, 0.1) is 7.11 Å². The number of esters is 1. The zero-order chi connectivity index (χ0) is 34.7. The largest absolute Gasteiger partial charge is 0.469 e. The predicted molar refractivity (Wildman–Crippen MR) is 173 cm³/mol. The van der Waals surface area contributed by atoms with Gasteiger partial charge >= 0.3 is 18.2 Å². The van der Waals surface area contributed by atoms with Crippen LogP contribution in [0.15, 0.2) is 60.7 Å². The second-order valence-electron chi connectivity index (χ2n) is 11.8. The molecule has 4 N–H and O–H groups in total. The van der Waals surface area contributed by atoms with Crippen molar-refractivity contribution in [3.05, 3.63) is 71.8 Å². The van der Waals surface area contributed by atoms with E-state index in [1.54, 1.807) is 32.9 Å². The zero-order valence-electron chi connectivity index (χ0n) is 27.5. The maximum atomic E-state index is 13.5. The van der Waals surface area contributed by atoms with Crippen LogP contribution in [0.3, 0.4) is 0 Å². The fourth-order valence-electron chi connectivity index (χ4n) is 4.26. The van der Waals surface area contributed by atoms with Crippen LogP contribution >= 0.6 is 0 Å². The number of alkyl carbamates (subject to hydrolysis) is 2. The molecule has 0 bridgehead atoms. The highest BCUT2D eigenvalue weighted by Gasteiger charge is 2.28. The molecule has 0 saturated heterocycles. The third-order valence-corrected chi connectivity index (χ3v) is 6.60. The first-order valence-corrected chi connectivity index (χ1v) is 15.5. The summed E-state index contributed by atoms with van der Waals surface area (Å²) in [5.41, 5.74) is 0.832. The van der Waals surface area contributed by atoms with Crippen LogP contribution in [0.4, 0.5) is 9.59 Å². The van der Waals surface area contributed by atoms with Crippen LogP contribution in [0.2, 0.25) is 0 Å². The van der Waals surface area contributed by atoms with Gasteiger partial charge in [0.1, 0.15) is 36.5 Å². The Kier molecular flexibility index (Phi) is 16.5. The summed E-state index contributed by atoms with van der Waals surface area (Å²) in [5, 5.41) is 10.6. The van der Waals surface area contributed by atoms with Crippen LogP contribution < -0.4 is 21.3 Å². The number of ketones is 1. The van der Waals surface area contributed by atoms with E-state index >= 15 is 0 Å². The molecule has 2 atom stereocenters. The highest BCUT2D eigenvalue weighted by molar-refractivity contribution is 5.96. The fraction of sp³-hybridized carbons (Fsp3) is 0.471. The SMILES string of the molecule is COC(=O)CC(=O)CCNC(=O)[C@H](CCCCNC(=O)OCc1ccccc1)NC(=O)[C@H](Cc1ccccc1)NC(=O)OC(C)(C)C. The lowest BCUT2D eigenvalue weighted by molar-refractivity contribution is -0.143. The maximum Gasteiger partial charge on any atom is 0.408 e. The van der Waals surface area contributed by atoms with Crippen molar-refractivity contribution in [2.24, 2.45) is 0 Å². The quantitative estimate of drug-likeness (QED) is 0.0812. The average Bonchev–Trinajstić information content (AvgIpc) is 3.02. The minimum atomic E-state index is -1.06. The first-order valence-electron chi connectivity index (χ1n) is 15.5. The number of ether oxygens (including phenoxy) is 3. The monoisotopic (exact) mass is 654 g/mol. The molecule has 0 saturated carbocycles. The van der Waals surface area contributed by atoms with E-state index in [4.69, 9.17) is 9.47 Å². The number of carbonyl (C=O) groups excluding carboxylic acids is 6. The summed E-state index contributed by atoms with van der Waals surface area (Å²) in [6, 6.07) is 16.2. The number of benzene rings is 2. The molecule has 0 aliphatic carbocycles. The van der Waals surface area contributed by atoms with E-state index in [0.717, 1.165) is 11.1 Å². The van der Waals surface area contributed by atoms with Gasteiger partial charge in [-0.2, -0.15) is 0 Å². The standard InChI is InChI=1S/C34H46N4O9/c1-34(2,3)47-33(44)38-28(21-24-13-7-5-8-14-24)31(42)37-27(30(41)35-20-18-26(39)22-29(40)45-4)17-11-12-19-36-32(43)46-23-25-15-9-6-10-16-25/h5-10,13-16,27-28H,11-12,17-23H2,1-4H3,(H,35,41)(H,36,43)(H,37,42)(H,38,44)/t27-,28-/m0/s1. The van der Waals surface area contributed by atoms with E-state index in [1.807, 2.05) is 48.5 Å². The predicted octanol–water partition coefficient (Wildman–Crippen LogP) is 3.34. The summed E-state index contributed by atoms with van der Waals surface area (Å²) in [4.78, 5) is 74.8. The first-order chi connectivity index (χ1) is 22.4. The molecule has 13 nitrogen and oxygen atoms in total. The molecule has 13 heteroatoms. The Labute approximate surface area is 275 Å². The Morgan fingerprint density at radius 1 is 0.723 bits per heavy atom. The molecule has 0 heterocycles. The second kappa shape index (κ2) is 20.2. The second-order valence-corrected chi connectivity index (χ2v) is 11.8. The first kappa shape index (κ1) is 38.2. The van der Waals surface area contributed by atoms with Gasteiger partial charge < -0.3 is 35.5 Å². The van der Waals surface area contributed by atoms with Gasteiger partial charge in [-0.15, -0.1) is 0 Å². The van der Waals surface area contributed by atoms with E-state index < -0.39 is 59.9 Å². The summed E-state index contributed by atoms with van der Waals surface area (Å²) in [5.74, 6) is -2.24. The van der Waals surface area contributed by atoms with Crippen LogP contribution in [0, 0.1) is 0 Å². The van der Waals surface area contributed by atoms with Crippen molar-refractivity contribution in [3.8, 4) is 0 Å². The molecular formula is C34H46N4O9. The molecule has 0 radical (unpaired) electrons. The average molecular weight is 655 g/mol. The molecule has 0 spiro atoms. The fourth-order valence-corrected chi connectivity index (χ4v) is 4.26. The Morgan fingerprint density at radius 2 is 1.36 bits per heavy atom. The van der Waals surface area contributed by atoms with Gasteiger partial charge in [0.2, 0.25) is 11.8 Å². The van der Waals surface area contributed by atoms with Gasteiger partial charge in [-0.05, 0) is 51.2 Å². The number of hydrogen-bond donors (Lipinski definition) is 4. The zero-order valence-corrected chi connectivity index (χ0v) is 27.5. The Hall–Kier alpha value is -4.94. The van der Waals surface area contributed by atoms with E-state index in [9.17, 15) is 28.8 Å². The molecule has 2 rings (SSSR count). The number of unbranched alkanes of at least 4 members (excludes halogenated alkanes) is 1. The normalized spacial score (nSPS) is 12.1. The summed E-state index contributed by atoms with van der Waals surface area (Å²) in [6.45, 7) is 5.45. The van der Waals surface area contributed by atoms with E-state index in [1.165, 1.54) is 7.11 Å². The number of rotatable bonds is 18. The molecule has 2 aromatic rings. The third-order valence-electron chi connectivity index (χ3n) is 6.60. The lowest BCUT2D eigenvalue weighted by atomic mass is 10.0. The lowest BCUT2D eigenvalue weighted by Crippen LogP contribution is -2.55. The molecule has 0 aliphatic rings. The lowest BCUT2D eigenvalue weighted by Gasteiger charge is -2.25. The van der Waals surface area contributed by atoms with Gasteiger partial charge in [0.25, 0.3) is 0 Å². The molecule has 0 aromatic heterocycles. The van der Waals surface area contributed by atoms with Crippen molar-refractivity contribution >= 4 is 35.8 Å². The topological polar surface area (TPSA) is 178 Å². The van der Waals surface area contributed by atoms with Crippen LogP contribution in [0.25, 0.3) is 0 Å². The molecule has 47 heavy (non-hydrogen) atoms. The van der Waals surface area contributed by atoms with Crippen LogP contribution in [0.5, 0.6) is 0 Å². The van der Waals surface area contributed by atoms with Crippen LogP contribution in [-0.4, -0.2) is 73.6 Å². The number of amides is 4. The van der Waals surface area contributed by atoms with Gasteiger partial charge in [-0.3, -0.25) is 19.2 Å². The van der Waals surface area contributed by atoms with Crippen molar-refractivity contribution in [1.82, 2.24) is 21.3 Å². The number of methoxy groups -OCH3 is 1. The molecule has 4 amide bonds. The molecule has 256 valence electrons. The van der Waals surface area contributed by atoms with E-state index in [0.29, 0.717) is 12.8 Å². The number of hydrogen-bond acceptors (Lipinski definition) is 9. The van der Waals surface area contributed by atoms with Gasteiger partial charge in [-0.25, -0.2) is 9.59 Å². The smallest absolute Gasteiger partial charge is 0.408 e. The highest BCUT2D eigenvalue weighted by atomic mass is 16.6. The van der Waals surface area contributed by atoms with Crippen molar-refractivity contribution in [2.75, 3.05) is 20.2 Å². The van der Waals surface area contributed by atoms with E-state index in [2.05, 4.69) is 26.0 Å². The van der Waals surface area contributed by atoms with Gasteiger partial charge in [-0.1, -0.05) is 60.7 Å². The van der Waals surface area contributed by atoms with Crippen LogP contribution in [-0.2, 0) is 46.4 Å². The molecule has 0 unspecified atom stereocenters. The van der Waals surface area contributed by atoms with Crippen molar-refractivity contribution in [2.45, 2.75) is 83.6 Å². The number of Topliss-reactive ketones (excluding diaryl/α,β-unsaturated/α-hetero) is 1. The van der Waals surface area contributed by atoms with Gasteiger partial charge in [0, 0.05) is 25.9 Å². The molecule has 0 fully saturated rings. The summed E-state index contributed by atoms with van der Waals surface area (Å²) >= 11 is 0. The summed E-state index contributed by atoms with van der Waals surface area (Å²) < 4.78 is 15.1. The van der Waals surface area contributed by atoms with E-state index in [-0.39, 0.29) is 39.0 Å².